The van der Waals surface area contributed by atoms with Crippen LogP contribution in [0.15, 0.2) is 18.2 Å². The molecule has 1 fully saturated rings. The largest absolute Gasteiger partial charge is 0.481 e. The van der Waals surface area contributed by atoms with Gasteiger partial charge >= 0.3 is 5.97 Å². The van der Waals surface area contributed by atoms with E-state index < -0.39 is 11.9 Å². The lowest BCUT2D eigenvalue weighted by Crippen LogP contribution is -2.07. The van der Waals surface area contributed by atoms with E-state index in [1.807, 2.05) is 18.2 Å². The molecular weight excluding hydrogens is 236 g/mol. The van der Waals surface area contributed by atoms with E-state index in [-0.39, 0.29) is 0 Å². The highest BCUT2D eigenvalue weighted by atomic mass is 35.5. The van der Waals surface area contributed by atoms with Crippen molar-refractivity contribution in [1.29, 1.82) is 0 Å². The third-order valence-electron chi connectivity index (χ3n) is 3.69. The summed E-state index contributed by atoms with van der Waals surface area (Å²) in [6.07, 6.45) is 4.95. The Morgan fingerprint density at radius 2 is 2.06 bits per heavy atom. The summed E-state index contributed by atoms with van der Waals surface area (Å²) in [5, 5.41) is 9.69. The number of aliphatic carboxylic acids is 1. The van der Waals surface area contributed by atoms with Crippen LogP contribution in [0.4, 0.5) is 0 Å². The van der Waals surface area contributed by atoms with E-state index in [0.29, 0.717) is 5.92 Å². The molecule has 0 radical (unpaired) electrons. The van der Waals surface area contributed by atoms with Gasteiger partial charge in [0.15, 0.2) is 0 Å². The fourth-order valence-electron chi connectivity index (χ4n) is 2.52. The van der Waals surface area contributed by atoms with E-state index >= 15 is 0 Å². The van der Waals surface area contributed by atoms with Gasteiger partial charge in [-0.3, -0.25) is 4.79 Å². The maximum atomic E-state index is 10.9. The van der Waals surface area contributed by atoms with E-state index in [2.05, 4.69) is 0 Å². The molecule has 1 atom stereocenters. The molecule has 1 aromatic carbocycles. The Kier molecular flexibility index (Phi) is 3.72. The van der Waals surface area contributed by atoms with E-state index in [1.54, 1.807) is 6.92 Å². The summed E-state index contributed by atoms with van der Waals surface area (Å²) in [7, 11) is 0. The van der Waals surface area contributed by atoms with Crippen LogP contribution in [0.25, 0.3) is 0 Å². The van der Waals surface area contributed by atoms with Gasteiger partial charge < -0.3 is 5.11 Å². The smallest absolute Gasteiger partial charge is 0.310 e. The Morgan fingerprint density at radius 1 is 1.41 bits per heavy atom. The molecule has 1 saturated carbocycles. The van der Waals surface area contributed by atoms with Crippen molar-refractivity contribution in [3.8, 4) is 0 Å². The van der Waals surface area contributed by atoms with Gasteiger partial charge in [0, 0.05) is 5.02 Å². The van der Waals surface area contributed by atoms with Crippen LogP contribution in [-0.2, 0) is 4.79 Å². The summed E-state index contributed by atoms with van der Waals surface area (Å²) in [4.78, 5) is 10.9. The van der Waals surface area contributed by atoms with E-state index in [4.69, 9.17) is 16.7 Å². The Balaban J connectivity index is 2.25. The van der Waals surface area contributed by atoms with Gasteiger partial charge in [-0.25, -0.2) is 0 Å². The minimum Gasteiger partial charge on any atom is -0.481 e. The average Bonchev–Trinajstić information content (AvgIpc) is 2.81. The second-order valence-corrected chi connectivity index (χ2v) is 5.23. The van der Waals surface area contributed by atoms with Gasteiger partial charge in [-0.2, -0.15) is 0 Å². The topological polar surface area (TPSA) is 37.3 Å². The molecule has 2 nitrogen and oxygen atoms in total. The third-order valence-corrected chi connectivity index (χ3v) is 4.02. The van der Waals surface area contributed by atoms with Crippen molar-refractivity contribution in [2.75, 3.05) is 0 Å². The molecule has 92 valence electrons. The van der Waals surface area contributed by atoms with Gasteiger partial charge in [-0.1, -0.05) is 36.6 Å². The summed E-state index contributed by atoms with van der Waals surface area (Å²) in [6, 6.07) is 5.72. The first-order valence-corrected chi connectivity index (χ1v) is 6.49. The molecule has 0 amide bonds. The van der Waals surface area contributed by atoms with Crippen molar-refractivity contribution in [3.63, 3.8) is 0 Å². The van der Waals surface area contributed by atoms with Gasteiger partial charge in [-0.05, 0) is 42.9 Å². The number of hydrogen-bond donors (Lipinski definition) is 1. The summed E-state index contributed by atoms with van der Waals surface area (Å²) in [5.74, 6) is -0.739. The van der Waals surface area contributed by atoms with Crippen molar-refractivity contribution >= 4 is 17.6 Å². The highest BCUT2D eigenvalue weighted by molar-refractivity contribution is 6.31. The fraction of sp³-hybridized carbons (Fsp3) is 0.500. The minimum atomic E-state index is -0.810. The van der Waals surface area contributed by atoms with Crippen molar-refractivity contribution < 1.29 is 9.90 Å². The Hall–Kier alpha value is -1.02. The lowest BCUT2D eigenvalue weighted by Gasteiger charge is -2.14. The van der Waals surface area contributed by atoms with Crippen molar-refractivity contribution in [2.24, 2.45) is 0 Å². The predicted molar refractivity (Wildman–Crippen MR) is 68.7 cm³/mol. The zero-order valence-corrected chi connectivity index (χ0v) is 10.7. The number of halogens is 1. The average molecular weight is 253 g/mol. The lowest BCUT2D eigenvalue weighted by molar-refractivity contribution is -0.138. The highest BCUT2D eigenvalue weighted by Crippen LogP contribution is 2.38. The molecule has 17 heavy (non-hydrogen) atoms. The monoisotopic (exact) mass is 252 g/mol. The molecule has 1 aromatic rings. The summed E-state index contributed by atoms with van der Waals surface area (Å²) in [5.41, 5.74) is 1.97. The SMILES string of the molecule is CC(C(=O)O)c1ccc(C2CCCC2)c(Cl)c1. The number of carboxylic acid groups (broad SMARTS) is 1. The van der Waals surface area contributed by atoms with Crippen molar-refractivity contribution in [2.45, 2.75) is 44.4 Å². The highest BCUT2D eigenvalue weighted by Gasteiger charge is 2.21. The molecule has 0 spiro atoms. The maximum absolute atomic E-state index is 10.9. The molecule has 3 heteroatoms. The van der Waals surface area contributed by atoms with Gasteiger partial charge in [-0.15, -0.1) is 0 Å². The zero-order valence-electron chi connectivity index (χ0n) is 9.95. The number of benzene rings is 1. The number of rotatable bonds is 3. The normalized spacial score (nSPS) is 18.2. The quantitative estimate of drug-likeness (QED) is 0.876. The molecule has 0 bridgehead atoms. The molecule has 0 heterocycles. The molecule has 1 N–H and O–H groups in total. The molecule has 0 aromatic heterocycles. The summed E-state index contributed by atoms with van der Waals surface area (Å²) >= 11 is 6.27. The van der Waals surface area contributed by atoms with Gasteiger partial charge in [0.05, 0.1) is 5.92 Å². The Bertz CT molecular complexity index is 422. The van der Waals surface area contributed by atoms with Crippen LogP contribution >= 0.6 is 11.6 Å². The predicted octanol–water partition coefficient (Wildman–Crippen LogP) is 4.19. The van der Waals surface area contributed by atoms with Crippen LogP contribution in [-0.4, -0.2) is 11.1 Å². The van der Waals surface area contributed by atoms with Crippen LogP contribution in [0.2, 0.25) is 5.02 Å². The van der Waals surface area contributed by atoms with Crippen molar-refractivity contribution in [1.82, 2.24) is 0 Å². The van der Waals surface area contributed by atoms with Crippen LogP contribution in [0.3, 0.4) is 0 Å². The second kappa shape index (κ2) is 5.09. The van der Waals surface area contributed by atoms with E-state index in [9.17, 15) is 4.79 Å². The minimum absolute atomic E-state index is 0.495. The number of hydrogen-bond acceptors (Lipinski definition) is 1. The number of carboxylic acids is 1. The summed E-state index contributed by atoms with van der Waals surface area (Å²) < 4.78 is 0. The molecule has 0 aliphatic heterocycles. The Morgan fingerprint density at radius 3 is 2.59 bits per heavy atom. The molecule has 1 aliphatic rings. The van der Waals surface area contributed by atoms with E-state index in [1.165, 1.54) is 31.2 Å². The van der Waals surface area contributed by atoms with Gasteiger partial charge in [0.25, 0.3) is 0 Å². The van der Waals surface area contributed by atoms with Crippen LogP contribution in [0, 0.1) is 0 Å². The molecule has 1 aliphatic carbocycles. The summed E-state index contributed by atoms with van der Waals surface area (Å²) in [6.45, 7) is 1.68. The van der Waals surface area contributed by atoms with E-state index in [0.717, 1.165) is 10.6 Å². The standard InChI is InChI=1S/C14H17ClO2/c1-9(14(16)17)11-6-7-12(13(15)8-11)10-4-2-3-5-10/h6-10H,2-5H2,1H3,(H,16,17). The van der Waals surface area contributed by atoms with Crippen LogP contribution < -0.4 is 0 Å². The first-order valence-electron chi connectivity index (χ1n) is 6.11. The third kappa shape index (κ3) is 2.63. The first-order chi connectivity index (χ1) is 8.09. The Labute approximate surface area is 107 Å². The molecule has 0 saturated heterocycles. The maximum Gasteiger partial charge on any atom is 0.310 e. The second-order valence-electron chi connectivity index (χ2n) is 4.82. The van der Waals surface area contributed by atoms with Crippen LogP contribution in [0.5, 0.6) is 0 Å². The molecule has 2 rings (SSSR count). The van der Waals surface area contributed by atoms with Crippen LogP contribution in [0.1, 0.15) is 55.6 Å². The van der Waals surface area contributed by atoms with Gasteiger partial charge in [0.2, 0.25) is 0 Å². The first kappa shape index (κ1) is 12.4. The number of carbonyl (C=O) groups is 1. The lowest BCUT2D eigenvalue weighted by atomic mass is 9.93. The van der Waals surface area contributed by atoms with Gasteiger partial charge in [0.1, 0.15) is 0 Å². The molecule has 1 unspecified atom stereocenters. The fourth-order valence-corrected chi connectivity index (χ4v) is 2.87. The molecular formula is C14H17ClO2. The van der Waals surface area contributed by atoms with Crippen molar-refractivity contribution in [3.05, 3.63) is 34.3 Å². The zero-order chi connectivity index (χ0) is 12.4.